The molecule has 5 rings (SSSR count). The zero-order valence-corrected chi connectivity index (χ0v) is 16.0. The van der Waals surface area contributed by atoms with E-state index in [0.29, 0.717) is 18.1 Å². The summed E-state index contributed by atoms with van der Waals surface area (Å²) < 4.78 is 11.1. The molecule has 4 aliphatic carbocycles. The van der Waals surface area contributed by atoms with Gasteiger partial charge in [-0.2, -0.15) is 0 Å². The number of ether oxygens (including phenoxy) is 2. The van der Waals surface area contributed by atoms with Gasteiger partial charge in [-0.25, -0.2) is 0 Å². The van der Waals surface area contributed by atoms with Crippen LogP contribution in [0.1, 0.15) is 57.9 Å². The predicted octanol–water partition coefficient (Wildman–Crippen LogP) is 4.79. The van der Waals surface area contributed by atoms with Gasteiger partial charge in [0, 0.05) is 12.6 Å². The molecule has 1 unspecified atom stereocenters. The molecule has 0 aliphatic heterocycles. The van der Waals surface area contributed by atoms with Crippen molar-refractivity contribution >= 4 is 0 Å². The molecule has 0 amide bonds. The molecular formula is C22H33NO2. The monoisotopic (exact) mass is 343 g/mol. The molecule has 4 aliphatic rings. The third-order valence-electron chi connectivity index (χ3n) is 7.14. The van der Waals surface area contributed by atoms with E-state index in [-0.39, 0.29) is 0 Å². The van der Waals surface area contributed by atoms with Crippen molar-refractivity contribution in [3.8, 4) is 11.5 Å². The number of hydrogen-bond acceptors (Lipinski definition) is 3. The first-order valence-electron chi connectivity index (χ1n) is 10.1. The summed E-state index contributed by atoms with van der Waals surface area (Å²) in [5, 5.41) is 3.86. The van der Waals surface area contributed by atoms with E-state index in [1.54, 1.807) is 7.11 Å². The minimum atomic E-state index is 0.560. The molecule has 3 nitrogen and oxygen atoms in total. The van der Waals surface area contributed by atoms with Crippen molar-refractivity contribution in [3.05, 3.63) is 23.8 Å². The standard InChI is InChI=1S/C22H33NO2/c1-4-25-20-6-5-16(10-21(20)24-3)14-23-15(2)22-11-17-7-18(12-22)9-19(8-17)13-22/h5-6,10,15,17-19,23H,4,7-9,11-14H2,1-3H3. The van der Waals surface area contributed by atoms with Gasteiger partial charge in [-0.05, 0) is 93.2 Å². The highest BCUT2D eigenvalue weighted by Crippen LogP contribution is 2.61. The van der Waals surface area contributed by atoms with Crippen molar-refractivity contribution in [2.45, 2.75) is 65.0 Å². The Hall–Kier alpha value is -1.22. The molecule has 25 heavy (non-hydrogen) atoms. The molecule has 1 aromatic carbocycles. The Balaban J connectivity index is 1.41. The van der Waals surface area contributed by atoms with Gasteiger partial charge in [0.25, 0.3) is 0 Å². The maximum Gasteiger partial charge on any atom is 0.161 e. The van der Waals surface area contributed by atoms with Crippen molar-refractivity contribution in [2.24, 2.45) is 23.2 Å². The number of benzene rings is 1. The van der Waals surface area contributed by atoms with E-state index in [9.17, 15) is 0 Å². The average molecular weight is 344 g/mol. The largest absolute Gasteiger partial charge is 0.493 e. The van der Waals surface area contributed by atoms with Crippen LogP contribution in [0.5, 0.6) is 11.5 Å². The minimum Gasteiger partial charge on any atom is -0.493 e. The fourth-order valence-corrected chi connectivity index (χ4v) is 6.29. The zero-order valence-electron chi connectivity index (χ0n) is 16.0. The SMILES string of the molecule is CCOc1ccc(CNC(C)C23CC4CC(CC(C4)C2)C3)cc1OC. The molecule has 0 spiro atoms. The zero-order chi connectivity index (χ0) is 17.4. The Morgan fingerprint density at radius 3 is 2.28 bits per heavy atom. The normalized spacial score (nSPS) is 34.1. The number of hydrogen-bond donors (Lipinski definition) is 1. The van der Waals surface area contributed by atoms with Gasteiger partial charge in [0.05, 0.1) is 13.7 Å². The molecule has 0 heterocycles. The highest BCUT2D eigenvalue weighted by atomic mass is 16.5. The first-order chi connectivity index (χ1) is 12.1. The van der Waals surface area contributed by atoms with E-state index in [4.69, 9.17) is 9.47 Å². The van der Waals surface area contributed by atoms with Crippen LogP contribution >= 0.6 is 0 Å². The summed E-state index contributed by atoms with van der Waals surface area (Å²) in [6, 6.07) is 6.91. The summed E-state index contributed by atoms with van der Waals surface area (Å²) >= 11 is 0. The molecule has 4 saturated carbocycles. The Kier molecular flexibility index (Phi) is 4.70. The maximum absolute atomic E-state index is 5.63. The van der Waals surface area contributed by atoms with Crippen LogP contribution in [-0.4, -0.2) is 19.8 Å². The number of nitrogens with one attached hydrogen (secondary N) is 1. The minimum absolute atomic E-state index is 0.560. The molecule has 138 valence electrons. The van der Waals surface area contributed by atoms with Gasteiger partial charge in [-0.3, -0.25) is 0 Å². The molecule has 0 radical (unpaired) electrons. The van der Waals surface area contributed by atoms with Gasteiger partial charge in [-0.15, -0.1) is 0 Å². The second-order valence-electron chi connectivity index (χ2n) is 8.80. The third kappa shape index (κ3) is 3.28. The summed E-state index contributed by atoms with van der Waals surface area (Å²) in [6.45, 7) is 6.00. The fraction of sp³-hybridized carbons (Fsp3) is 0.727. The van der Waals surface area contributed by atoms with E-state index in [2.05, 4.69) is 24.4 Å². The summed E-state index contributed by atoms with van der Waals surface area (Å²) in [5.74, 6) is 4.72. The van der Waals surface area contributed by atoms with Gasteiger partial charge in [0.1, 0.15) is 0 Å². The van der Waals surface area contributed by atoms with Crippen molar-refractivity contribution in [1.29, 1.82) is 0 Å². The lowest BCUT2D eigenvalue weighted by molar-refractivity contribution is -0.0706. The summed E-state index contributed by atoms with van der Waals surface area (Å²) in [5.41, 5.74) is 1.83. The molecule has 3 heteroatoms. The smallest absolute Gasteiger partial charge is 0.161 e. The van der Waals surface area contributed by atoms with Gasteiger partial charge < -0.3 is 14.8 Å². The van der Waals surface area contributed by atoms with Crippen LogP contribution in [0, 0.1) is 23.2 Å². The van der Waals surface area contributed by atoms with Gasteiger partial charge in [-0.1, -0.05) is 6.07 Å². The molecule has 1 atom stereocenters. The average Bonchev–Trinajstić information content (AvgIpc) is 2.59. The lowest BCUT2D eigenvalue weighted by atomic mass is 9.48. The van der Waals surface area contributed by atoms with Crippen molar-refractivity contribution in [1.82, 2.24) is 5.32 Å². The Morgan fingerprint density at radius 2 is 1.72 bits per heavy atom. The second-order valence-corrected chi connectivity index (χ2v) is 8.80. The van der Waals surface area contributed by atoms with Crippen LogP contribution in [0.3, 0.4) is 0 Å². The van der Waals surface area contributed by atoms with E-state index in [1.807, 2.05) is 13.0 Å². The number of rotatable bonds is 7. The first kappa shape index (κ1) is 17.2. The predicted molar refractivity (Wildman–Crippen MR) is 101 cm³/mol. The second kappa shape index (κ2) is 6.83. The highest BCUT2D eigenvalue weighted by Gasteiger charge is 2.52. The van der Waals surface area contributed by atoms with Gasteiger partial charge in [0.2, 0.25) is 0 Å². The van der Waals surface area contributed by atoms with Crippen LogP contribution in [0.2, 0.25) is 0 Å². The van der Waals surface area contributed by atoms with Crippen LogP contribution in [-0.2, 0) is 6.54 Å². The van der Waals surface area contributed by atoms with E-state index in [1.165, 1.54) is 44.1 Å². The molecule has 0 aromatic heterocycles. The van der Waals surface area contributed by atoms with Crippen LogP contribution < -0.4 is 14.8 Å². The summed E-state index contributed by atoms with van der Waals surface area (Å²) in [7, 11) is 1.72. The summed E-state index contributed by atoms with van der Waals surface area (Å²) in [4.78, 5) is 0. The van der Waals surface area contributed by atoms with Crippen LogP contribution in [0.25, 0.3) is 0 Å². The van der Waals surface area contributed by atoms with Crippen LogP contribution in [0.15, 0.2) is 18.2 Å². The van der Waals surface area contributed by atoms with E-state index < -0.39 is 0 Å². The lowest BCUT2D eigenvalue weighted by Crippen LogP contribution is -2.54. The Morgan fingerprint density at radius 1 is 1.08 bits per heavy atom. The van der Waals surface area contributed by atoms with Crippen molar-refractivity contribution in [3.63, 3.8) is 0 Å². The van der Waals surface area contributed by atoms with E-state index in [0.717, 1.165) is 35.8 Å². The maximum atomic E-state index is 5.63. The summed E-state index contributed by atoms with van der Waals surface area (Å²) in [6.07, 6.45) is 8.92. The molecular weight excluding hydrogens is 310 g/mol. The Labute approximate surface area is 152 Å². The van der Waals surface area contributed by atoms with Gasteiger partial charge >= 0.3 is 0 Å². The lowest BCUT2D eigenvalue weighted by Gasteiger charge is -2.59. The molecule has 0 saturated heterocycles. The molecule has 1 N–H and O–H groups in total. The van der Waals surface area contributed by atoms with Crippen molar-refractivity contribution < 1.29 is 9.47 Å². The van der Waals surface area contributed by atoms with Crippen molar-refractivity contribution in [2.75, 3.05) is 13.7 Å². The topological polar surface area (TPSA) is 30.5 Å². The molecule has 1 aromatic rings. The fourth-order valence-electron chi connectivity index (χ4n) is 6.29. The molecule has 4 bridgehead atoms. The number of methoxy groups -OCH3 is 1. The first-order valence-corrected chi connectivity index (χ1v) is 10.1. The van der Waals surface area contributed by atoms with Crippen LogP contribution in [0.4, 0.5) is 0 Å². The third-order valence-corrected chi connectivity index (χ3v) is 7.14. The quantitative estimate of drug-likeness (QED) is 0.772. The van der Waals surface area contributed by atoms with Gasteiger partial charge in [0.15, 0.2) is 11.5 Å². The Bertz CT molecular complexity index is 577. The van der Waals surface area contributed by atoms with E-state index >= 15 is 0 Å². The molecule has 4 fully saturated rings. The highest BCUT2D eigenvalue weighted by molar-refractivity contribution is 5.43.